The van der Waals surface area contributed by atoms with Gasteiger partial charge < -0.3 is 5.11 Å². The summed E-state index contributed by atoms with van der Waals surface area (Å²) in [5, 5.41) is 9.29. The summed E-state index contributed by atoms with van der Waals surface area (Å²) < 4.78 is 25.3. The molecule has 0 bridgehead atoms. The van der Waals surface area contributed by atoms with E-state index in [1.165, 1.54) is 25.3 Å². The molecular weight excluding hydrogens is 274 g/mol. The molecule has 0 heterocycles. The van der Waals surface area contributed by atoms with E-state index in [1.54, 1.807) is 6.08 Å². The smallest absolute Gasteiger partial charge is 0.314 e. The maximum absolute atomic E-state index is 12.6. The monoisotopic (exact) mass is 298 g/mol. The molecule has 0 aromatic rings. The van der Waals surface area contributed by atoms with Crippen molar-refractivity contribution in [2.75, 3.05) is 0 Å². The minimum Gasteiger partial charge on any atom is -0.481 e. The molecule has 4 heteroatoms. The fraction of sp³-hybridized carbons (Fsp3) is 0.706. The van der Waals surface area contributed by atoms with Crippen molar-refractivity contribution in [3.63, 3.8) is 0 Å². The van der Waals surface area contributed by atoms with Crippen LogP contribution in [-0.2, 0) is 4.79 Å². The molecule has 2 aliphatic rings. The summed E-state index contributed by atoms with van der Waals surface area (Å²) >= 11 is 0. The molecule has 1 atom stereocenters. The minimum absolute atomic E-state index is 0.187. The summed E-state index contributed by atoms with van der Waals surface area (Å²) in [4.78, 5) is 11.4. The van der Waals surface area contributed by atoms with E-state index in [-0.39, 0.29) is 6.42 Å². The third kappa shape index (κ3) is 3.72. The number of hydrogen-bond acceptors (Lipinski definition) is 1. The first-order valence-electron chi connectivity index (χ1n) is 7.87. The van der Waals surface area contributed by atoms with Gasteiger partial charge in [0.1, 0.15) is 0 Å². The molecule has 1 saturated carbocycles. The van der Waals surface area contributed by atoms with Crippen LogP contribution in [0.15, 0.2) is 23.8 Å². The fourth-order valence-electron chi connectivity index (χ4n) is 3.57. The molecule has 2 rings (SSSR count). The zero-order chi connectivity index (χ0) is 15.5. The number of hydrogen-bond donors (Lipinski definition) is 1. The van der Waals surface area contributed by atoms with Crippen LogP contribution in [0.2, 0.25) is 0 Å². The highest BCUT2D eigenvalue weighted by molar-refractivity contribution is 5.78. The second-order valence-corrected chi connectivity index (χ2v) is 6.42. The molecule has 0 aromatic carbocycles. The number of carboxylic acids is 1. The van der Waals surface area contributed by atoms with Crippen molar-refractivity contribution in [3.8, 4) is 0 Å². The SMILES string of the molecule is CCC1CCC(C2=CCC(CC(F)F)(C(=O)O)C=C2)CC1. The predicted octanol–water partition coefficient (Wildman–Crippen LogP) is 4.82. The Morgan fingerprint density at radius 1 is 1.38 bits per heavy atom. The van der Waals surface area contributed by atoms with Gasteiger partial charge in [-0.25, -0.2) is 8.78 Å². The Morgan fingerprint density at radius 2 is 2.05 bits per heavy atom. The van der Waals surface area contributed by atoms with Crippen molar-refractivity contribution in [1.29, 1.82) is 0 Å². The highest BCUT2D eigenvalue weighted by Gasteiger charge is 2.40. The molecule has 0 amide bonds. The van der Waals surface area contributed by atoms with Gasteiger partial charge in [-0.1, -0.05) is 31.6 Å². The van der Waals surface area contributed by atoms with Crippen LogP contribution in [0.3, 0.4) is 0 Å². The van der Waals surface area contributed by atoms with Crippen molar-refractivity contribution in [1.82, 2.24) is 0 Å². The van der Waals surface area contributed by atoms with Gasteiger partial charge in [0.15, 0.2) is 0 Å². The number of alkyl halides is 2. The van der Waals surface area contributed by atoms with E-state index < -0.39 is 24.2 Å². The zero-order valence-corrected chi connectivity index (χ0v) is 12.5. The molecule has 1 N–H and O–H groups in total. The van der Waals surface area contributed by atoms with Crippen molar-refractivity contribution in [2.24, 2.45) is 17.3 Å². The second-order valence-electron chi connectivity index (χ2n) is 6.42. The number of rotatable bonds is 5. The Labute approximate surface area is 124 Å². The molecule has 0 aromatic heterocycles. The van der Waals surface area contributed by atoms with Crippen LogP contribution in [0.4, 0.5) is 8.78 Å². The topological polar surface area (TPSA) is 37.3 Å². The molecule has 1 unspecified atom stereocenters. The maximum Gasteiger partial charge on any atom is 0.314 e. The average Bonchev–Trinajstić information content (AvgIpc) is 2.47. The molecule has 1 fully saturated rings. The number of carboxylic acid groups (broad SMARTS) is 1. The van der Waals surface area contributed by atoms with E-state index in [1.807, 2.05) is 6.08 Å². The highest BCUT2D eigenvalue weighted by atomic mass is 19.3. The Morgan fingerprint density at radius 3 is 2.48 bits per heavy atom. The molecule has 118 valence electrons. The third-order valence-electron chi connectivity index (χ3n) is 5.14. The lowest BCUT2D eigenvalue weighted by molar-refractivity contribution is -0.148. The highest BCUT2D eigenvalue weighted by Crippen LogP contribution is 2.41. The standard InChI is InChI=1S/C17H24F2O2/c1-2-12-3-5-13(6-4-12)14-7-9-17(10-8-14,16(20)21)11-15(18)19/h7-9,12-13,15H,2-6,10-11H2,1H3,(H,20,21). The largest absolute Gasteiger partial charge is 0.481 e. The van der Waals surface area contributed by atoms with Crippen LogP contribution in [0.5, 0.6) is 0 Å². The average molecular weight is 298 g/mol. The van der Waals surface area contributed by atoms with Gasteiger partial charge in [-0.15, -0.1) is 0 Å². The van der Waals surface area contributed by atoms with Gasteiger partial charge in [0.25, 0.3) is 0 Å². The first-order chi connectivity index (χ1) is 9.97. The lowest BCUT2D eigenvalue weighted by Crippen LogP contribution is -2.32. The molecule has 0 radical (unpaired) electrons. The number of carbonyl (C=O) groups is 1. The zero-order valence-electron chi connectivity index (χ0n) is 12.5. The van der Waals surface area contributed by atoms with E-state index in [4.69, 9.17) is 0 Å². The Hall–Kier alpha value is -1.19. The van der Waals surface area contributed by atoms with E-state index in [2.05, 4.69) is 6.92 Å². The minimum atomic E-state index is -2.60. The quantitative estimate of drug-likeness (QED) is 0.790. The Kier molecular flexibility index (Phi) is 5.17. The normalized spacial score (nSPS) is 33.0. The Balaban J connectivity index is 2.01. The van der Waals surface area contributed by atoms with Crippen molar-refractivity contribution >= 4 is 5.97 Å². The second kappa shape index (κ2) is 6.71. The van der Waals surface area contributed by atoms with Crippen LogP contribution in [0, 0.1) is 17.3 Å². The number of allylic oxidation sites excluding steroid dienone is 3. The van der Waals surface area contributed by atoms with Crippen LogP contribution >= 0.6 is 0 Å². The van der Waals surface area contributed by atoms with Gasteiger partial charge in [-0.3, -0.25) is 4.79 Å². The van der Waals surface area contributed by atoms with Crippen molar-refractivity contribution in [2.45, 2.75) is 58.3 Å². The van der Waals surface area contributed by atoms with Gasteiger partial charge >= 0.3 is 5.97 Å². The molecule has 2 nitrogen and oxygen atoms in total. The summed E-state index contributed by atoms with van der Waals surface area (Å²) in [7, 11) is 0. The Bertz CT molecular complexity index is 434. The van der Waals surface area contributed by atoms with Gasteiger partial charge in [0.05, 0.1) is 5.41 Å². The van der Waals surface area contributed by atoms with Gasteiger partial charge in [0, 0.05) is 6.42 Å². The summed E-state index contributed by atoms with van der Waals surface area (Å²) in [5.74, 6) is 0.137. The molecule has 21 heavy (non-hydrogen) atoms. The first kappa shape index (κ1) is 16.2. The van der Waals surface area contributed by atoms with Crippen LogP contribution in [0.1, 0.15) is 51.9 Å². The van der Waals surface area contributed by atoms with E-state index in [0.717, 1.165) is 24.3 Å². The molecule has 2 aliphatic carbocycles. The lowest BCUT2D eigenvalue weighted by atomic mass is 9.72. The summed E-state index contributed by atoms with van der Waals surface area (Å²) in [6, 6.07) is 0. The van der Waals surface area contributed by atoms with Gasteiger partial charge in [0.2, 0.25) is 6.43 Å². The summed E-state index contributed by atoms with van der Waals surface area (Å²) in [6.07, 6.45) is 8.07. The van der Waals surface area contributed by atoms with Crippen LogP contribution < -0.4 is 0 Å². The number of halogens is 2. The lowest BCUT2D eigenvalue weighted by Gasteiger charge is -2.33. The van der Waals surface area contributed by atoms with Crippen LogP contribution in [0.25, 0.3) is 0 Å². The van der Waals surface area contributed by atoms with Crippen molar-refractivity contribution < 1.29 is 18.7 Å². The molecule has 0 spiro atoms. The molecule has 0 saturated heterocycles. The number of aliphatic carboxylic acids is 1. The van der Waals surface area contributed by atoms with Gasteiger partial charge in [-0.05, 0) is 49.5 Å². The summed E-state index contributed by atoms with van der Waals surface area (Å²) in [6.45, 7) is 2.22. The maximum atomic E-state index is 12.6. The van der Waals surface area contributed by atoms with E-state index >= 15 is 0 Å². The van der Waals surface area contributed by atoms with Crippen molar-refractivity contribution in [3.05, 3.63) is 23.8 Å². The third-order valence-corrected chi connectivity index (χ3v) is 5.14. The predicted molar refractivity (Wildman–Crippen MR) is 78.3 cm³/mol. The summed E-state index contributed by atoms with van der Waals surface area (Å²) in [5.41, 5.74) is -0.270. The van der Waals surface area contributed by atoms with Gasteiger partial charge in [-0.2, -0.15) is 0 Å². The fourth-order valence-corrected chi connectivity index (χ4v) is 3.57. The van der Waals surface area contributed by atoms with E-state index in [9.17, 15) is 18.7 Å². The molecule has 0 aliphatic heterocycles. The van der Waals surface area contributed by atoms with Crippen LogP contribution in [-0.4, -0.2) is 17.5 Å². The first-order valence-corrected chi connectivity index (χ1v) is 7.87. The van der Waals surface area contributed by atoms with E-state index in [0.29, 0.717) is 5.92 Å². The molecular formula is C17H24F2O2.